The maximum Gasteiger partial charge on any atom is 0 e. The second-order valence-electron chi connectivity index (χ2n) is 0. The van der Waals surface area contributed by atoms with Gasteiger partial charge in [-0.05, 0) is 0 Å². The van der Waals surface area contributed by atoms with Crippen LogP contribution < -0.4 is 0 Å². The first-order valence-corrected chi connectivity index (χ1v) is 0. The van der Waals surface area contributed by atoms with Crippen LogP contribution in [0.1, 0.15) is 0 Å². The van der Waals surface area contributed by atoms with Crippen molar-refractivity contribution in [3.63, 3.8) is 0 Å². The minimum Gasteiger partial charge on any atom is -0.358 e. The van der Waals surface area contributed by atoms with Crippen molar-refractivity contribution in [3.8, 4) is 0 Å². The average Bonchev–Trinajstić information content (AvgIpc) is 0. The third kappa shape index (κ3) is 143. The van der Waals surface area contributed by atoms with Crippen LogP contribution in [0.5, 0.6) is 0 Å². The predicted molar refractivity (Wildman–Crippen MR) is 32.1 cm³/mol. The Labute approximate surface area is 58.0 Å². The van der Waals surface area contributed by atoms with Crippen LogP contribution in [0.4, 0.5) is 0 Å². The molecule has 47 valence electrons. The molecule has 0 atom stereocenters. The monoisotopic (exact) mass is 262 g/mol. The zero-order valence-electron chi connectivity index (χ0n) is 5.38. The Morgan fingerprint density at radius 1 is 0.333 bits per heavy atom. The maximum atomic E-state index is 0. The summed E-state index contributed by atoms with van der Waals surface area (Å²) in [5.74, 6) is 0. The Kier molecular flexibility index (Phi) is 22800. The first-order chi connectivity index (χ1) is 0. The van der Waals surface area contributed by atoms with Crippen molar-refractivity contribution in [2.24, 2.45) is 0 Å². The Balaban J connectivity index is 0. The summed E-state index contributed by atoms with van der Waals surface area (Å²) in [6, 6.07) is 0. The van der Waals surface area contributed by atoms with E-state index in [4.69, 9.17) is 0 Å². The third-order valence-corrected chi connectivity index (χ3v) is 0. The summed E-state index contributed by atoms with van der Waals surface area (Å²) in [5.41, 5.74) is 0. The van der Waals surface area contributed by atoms with Gasteiger partial charge in [-0.3, -0.25) is 0 Å². The Bertz CT molecular complexity index is 3.90. The molecule has 0 aromatic rings. The molecule has 0 amide bonds. The van der Waals surface area contributed by atoms with E-state index in [9.17, 15) is 0 Å². The van der Waals surface area contributed by atoms with E-state index in [-0.39, 0.29) is 57.6 Å². The van der Waals surface area contributed by atoms with Crippen LogP contribution in [0.2, 0.25) is 0 Å². The fraction of sp³-hybridized carbons (Fsp3) is 0. The second kappa shape index (κ2) is 281. The van der Waals surface area contributed by atoms with Crippen molar-refractivity contribution in [1.82, 2.24) is 0 Å². The van der Waals surface area contributed by atoms with Gasteiger partial charge in [0.05, 0.1) is 0 Å². The van der Waals surface area contributed by atoms with E-state index < -0.39 is 0 Å². The Morgan fingerprint density at radius 2 is 0.333 bits per heavy atom. The van der Waals surface area contributed by atoms with Crippen molar-refractivity contribution in [1.29, 1.82) is 0 Å². The number of rotatable bonds is 0. The van der Waals surface area contributed by atoms with E-state index >= 15 is 0 Å². The summed E-state index contributed by atoms with van der Waals surface area (Å²) in [7, 11) is 0. The van der Waals surface area contributed by atoms with E-state index in [0.717, 1.165) is 0 Å². The largest absolute Gasteiger partial charge is 0.358 e. The van der Waals surface area contributed by atoms with E-state index in [2.05, 4.69) is 0 Å². The molecule has 0 spiro atoms. The molecule has 0 aliphatic rings. The van der Waals surface area contributed by atoms with Crippen LogP contribution >= 0.6 is 0 Å². The van der Waals surface area contributed by atoms with Gasteiger partial charge in [-0.2, -0.15) is 0 Å². The van der Waals surface area contributed by atoms with Gasteiger partial charge in [0, 0.05) is 20.4 Å². The van der Waals surface area contributed by atoms with Gasteiger partial charge in [-0.15, -0.1) is 0 Å². The molecule has 6 heavy (non-hydrogen) atoms. The van der Waals surface area contributed by atoms with Crippen molar-refractivity contribution in [2.45, 2.75) is 0 Å². The zero-order valence-corrected chi connectivity index (χ0v) is 8.09. The van der Waals surface area contributed by atoms with E-state index in [1.54, 1.807) is 0 Å². The topological polar surface area (TPSA) is 0 Å². The molecular weight excluding hydrogens is 246 g/mol. The minimum atomic E-state index is 0. The first kappa shape index (κ1) is 487. The predicted octanol–water partition coefficient (Wildman–Crippen LogP) is 2.25. The van der Waals surface area contributed by atoms with Gasteiger partial charge in [-0.1, -0.05) is 0 Å². The molecule has 0 fully saturated rings. The van der Waals surface area contributed by atoms with Crippen molar-refractivity contribution >= 4 is 0 Å². The first-order valence-electron chi connectivity index (χ1n) is 0. The maximum absolute atomic E-state index is 0. The molecule has 1 radical (unpaired) electrons. The summed E-state index contributed by atoms with van der Waals surface area (Å²) in [6.07, 6.45) is 0. The van der Waals surface area contributed by atoms with Gasteiger partial charge in [0.1, 0.15) is 0 Å². The SMILES string of the molecule is [CH3-].[CH3-].[CH3-].[CH3-].[CH3-].[Re]. The summed E-state index contributed by atoms with van der Waals surface area (Å²) in [5, 5.41) is 0. The summed E-state index contributed by atoms with van der Waals surface area (Å²) in [4.78, 5) is 0. The normalized spacial score (nSPS) is 0. The molecule has 0 aromatic carbocycles. The molecule has 0 rings (SSSR count). The van der Waals surface area contributed by atoms with Gasteiger partial charge in [0.2, 0.25) is 0 Å². The average molecular weight is 261 g/mol. The minimum absolute atomic E-state index is 0. The van der Waals surface area contributed by atoms with Gasteiger partial charge < -0.3 is 37.1 Å². The van der Waals surface area contributed by atoms with Gasteiger partial charge in [-0.25, -0.2) is 0 Å². The van der Waals surface area contributed by atoms with Gasteiger partial charge >= 0.3 is 0 Å². The molecule has 0 heterocycles. The standard InChI is InChI=1S/5CH3.Re/h5*1H3;/q5*-1;. The van der Waals surface area contributed by atoms with Crippen LogP contribution in [0.3, 0.4) is 0 Å². The van der Waals surface area contributed by atoms with Crippen molar-refractivity contribution < 1.29 is 20.4 Å². The van der Waals surface area contributed by atoms with E-state index in [1.165, 1.54) is 0 Å². The summed E-state index contributed by atoms with van der Waals surface area (Å²) >= 11 is 0. The Hall–Kier alpha value is 0.662. The van der Waals surface area contributed by atoms with Crippen LogP contribution in [-0.4, -0.2) is 0 Å². The zero-order chi connectivity index (χ0) is 0. The molecule has 0 aliphatic heterocycles. The molecule has 0 N–H and O–H groups in total. The van der Waals surface area contributed by atoms with E-state index in [1.807, 2.05) is 0 Å². The summed E-state index contributed by atoms with van der Waals surface area (Å²) < 4.78 is 0. The molecule has 0 nitrogen and oxygen atoms in total. The van der Waals surface area contributed by atoms with Crippen LogP contribution in [0.15, 0.2) is 0 Å². The second-order valence-corrected chi connectivity index (χ2v) is 0. The van der Waals surface area contributed by atoms with Crippen molar-refractivity contribution in [3.05, 3.63) is 37.1 Å². The molecule has 0 unspecified atom stereocenters. The fourth-order valence-corrected chi connectivity index (χ4v) is 0. The quantitative estimate of drug-likeness (QED) is 0.587. The van der Waals surface area contributed by atoms with Gasteiger partial charge in [0.15, 0.2) is 0 Å². The van der Waals surface area contributed by atoms with Crippen LogP contribution in [-0.2, 0) is 20.4 Å². The fourth-order valence-electron chi connectivity index (χ4n) is 0. The molecular formula is C5H15Re-5. The molecule has 0 saturated heterocycles. The molecule has 0 aromatic heterocycles. The molecule has 1 heteroatoms. The molecule has 0 bridgehead atoms. The van der Waals surface area contributed by atoms with Gasteiger partial charge in [0.25, 0.3) is 0 Å². The van der Waals surface area contributed by atoms with Crippen molar-refractivity contribution in [2.75, 3.05) is 0 Å². The third-order valence-electron chi connectivity index (χ3n) is 0. The molecule has 0 saturated carbocycles. The van der Waals surface area contributed by atoms with Crippen LogP contribution in [0.25, 0.3) is 0 Å². The Morgan fingerprint density at radius 3 is 0.333 bits per heavy atom. The smallest absolute Gasteiger partial charge is 0 e. The number of hydrogen-bond donors (Lipinski definition) is 0. The molecule has 0 aliphatic carbocycles. The summed E-state index contributed by atoms with van der Waals surface area (Å²) in [6.45, 7) is 0. The number of hydrogen-bond acceptors (Lipinski definition) is 0. The van der Waals surface area contributed by atoms with Crippen LogP contribution in [0, 0.1) is 37.1 Å². The van der Waals surface area contributed by atoms with E-state index in [0.29, 0.717) is 0 Å².